The van der Waals surface area contributed by atoms with Crippen LogP contribution in [-0.2, 0) is 9.53 Å². The summed E-state index contributed by atoms with van der Waals surface area (Å²) in [6, 6.07) is 13.9. The zero-order chi connectivity index (χ0) is 22.1. The van der Waals surface area contributed by atoms with Crippen LogP contribution in [0, 0.1) is 5.92 Å². The van der Waals surface area contributed by atoms with E-state index >= 15 is 0 Å². The molecular formula is C22H19NO6S2. The van der Waals surface area contributed by atoms with Gasteiger partial charge >= 0.3 is 16.8 Å². The average Bonchev–Trinajstić information content (AvgIpc) is 3.17. The summed E-state index contributed by atoms with van der Waals surface area (Å²) >= 11 is 2.38. The number of hydrogen-bond acceptors (Lipinski definition) is 7. The molecule has 3 atom stereocenters. The van der Waals surface area contributed by atoms with Gasteiger partial charge in [0.15, 0.2) is 0 Å². The Hall–Kier alpha value is -3.04. The quantitative estimate of drug-likeness (QED) is 0.560. The highest BCUT2D eigenvalue weighted by molar-refractivity contribution is 7.99. The van der Waals surface area contributed by atoms with Gasteiger partial charge in [-0.15, -0.1) is 0 Å². The number of aromatic amines is 1. The lowest BCUT2D eigenvalue weighted by Crippen LogP contribution is -2.30. The zero-order valence-electron chi connectivity index (χ0n) is 16.7. The number of hydrogen-bond donors (Lipinski definition) is 2. The second-order valence-electron chi connectivity index (χ2n) is 6.97. The number of nitrogens with one attached hydrogen (secondary N) is 1. The number of thioether (sulfide) groups is 1. The van der Waals surface area contributed by atoms with E-state index in [0.29, 0.717) is 21.2 Å². The number of aliphatic carboxylic acids is 1. The van der Waals surface area contributed by atoms with Crippen molar-refractivity contribution in [3.8, 4) is 5.75 Å². The largest absolute Gasteiger partial charge is 0.497 e. The molecule has 0 radical (unpaired) electrons. The SMILES string of the molecule is COC(=O)c1ccc([C@@H]2c3sc(=O)[nH]c3S[C@@H](c3ccc(OC)cc3)[C@H]2C(=O)O)cc1. The van der Waals surface area contributed by atoms with E-state index in [1.807, 2.05) is 12.1 Å². The number of esters is 1. The molecule has 2 N–H and O–H groups in total. The third-order valence-corrected chi connectivity index (χ3v) is 7.75. The topological polar surface area (TPSA) is 106 Å². The number of aromatic nitrogens is 1. The van der Waals surface area contributed by atoms with Crippen molar-refractivity contribution in [2.24, 2.45) is 5.92 Å². The smallest absolute Gasteiger partial charge is 0.337 e. The molecule has 1 aliphatic heterocycles. The van der Waals surface area contributed by atoms with Gasteiger partial charge in [0.1, 0.15) is 5.75 Å². The number of ether oxygens (including phenoxy) is 2. The molecule has 0 aliphatic carbocycles. The lowest BCUT2D eigenvalue weighted by atomic mass is 9.80. The molecule has 3 aromatic rings. The van der Waals surface area contributed by atoms with Crippen molar-refractivity contribution >= 4 is 35.0 Å². The zero-order valence-corrected chi connectivity index (χ0v) is 18.3. The molecule has 1 aromatic heterocycles. The number of carbonyl (C=O) groups excluding carboxylic acids is 1. The normalized spacial score (nSPS) is 20.0. The summed E-state index contributed by atoms with van der Waals surface area (Å²) in [5.41, 5.74) is 1.92. The first-order valence-electron chi connectivity index (χ1n) is 9.37. The maximum Gasteiger partial charge on any atom is 0.337 e. The highest BCUT2D eigenvalue weighted by Gasteiger charge is 2.45. The summed E-state index contributed by atoms with van der Waals surface area (Å²) in [6.45, 7) is 0. The molecule has 0 saturated carbocycles. The Morgan fingerprint density at radius 3 is 2.23 bits per heavy atom. The van der Waals surface area contributed by atoms with Gasteiger partial charge in [0, 0.05) is 10.8 Å². The van der Waals surface area contributed by atoms with Crippen LogP contribution in [0.5, 0.6) is 5.75 Å². The Labute approximate surface area is 186 Å². The number of carboxylic acid groups (broad SMARTS) is 1. The summed E-state index contributed by atoms with van der Waals surface area (Å²) in [5, 5.41) is 10.5. The Balaban J connectivity index is 1.83. The van der Waals surface area contributed by atoms with Gasteiger partial charge in [-0.1, -0.05) is 47.4 Å². The van der Waals surface area contributed by atoms with Gasteiger partial charge in [-0.05, 0) is 35.4 Å². The van der Waals surface area contributed by atoms with E-state index in [1.54, 1.807) is 43.5 Å². The molecule has 2 heterocycles. The average molecular weight is 458 g/mol. The van der Waals surface area contributed by atoms with E-state index < -0.39 is 29.0 Å². The van der Waals surface area contributed by atoms with Crippen molar-refractivity contribution in [3.63, 3.8) is 0 Å². The van der Waals surface area contributed by atoms with Crippen LogP contribution >= 0.6 is 23.1 Å². The number of rotatable bonds is 5. The van der Waals surface area contributed by atoms with Gasteiger partial charge in [-0.2, -0.15) is 0 Å². The molecule has 7 nitrogen and oxygen atoms in total. The molecule has 0 amide bonds. The van der Waals surface area contributed by atoms with Gasteiger partial charge < -0.3 is 19.6 Å². The fourth-order valence-corrected chi connectivity index (χ4v) is 6.40. The minimum Gasteiger partial charge on any atom is -0.497 e. The lowest BCUT2D eigenvalue weighted by molar-refractivity contribution is -0.142. The second kappa shape index (κ2) is 8.60. The monoisotopic (exact) mass is 457 g/mol. The maximum atomic E-state index is 12.5. The van der Waals surface area contributed by atoms with Crippen LogP contribution in [0.2, 0.25) is 0 Å². The van der Waals surface area contributed by atoms with E-state index in [0.717, 1.165) is 22.5 Å². The number of H-pyrrole nitrogens is 1. The molecule has 4 rings (SSSR count). The number of fused-ring (bicyclic) bond motifs is 1. The molecule has 0 bridgehead atoms. The molecule has 1 aliphatic rings. The van der Waals surface area contributed by atoms with E-state index in [2.05, 4.69) is 4.98 Å². The van der Waals surface area contributed by atoms with Crippen molar-refractivity contribution in [2.45, 2.75) is 16.2 Å². The third-order valence-electron chi connectivity index (χ3n) is 5.27. The molecule has 0 unspecified atom stereocenters. The third kappa shape index (κ3) is 3.98. The number of carbonyl (C=O) groups is 2. The van der Waals surface area contributed by atoms with E-state index in [1.165, 1.54) is 18.9 Å². The van der Waals surface area contributed by atoms with Crippen molar-refractivity contribution in [1.82, 2.24) is 4.98 Å². The van der Waals surface area contributed by atoms with Crippen LogP contribution in [0.4, 0.5) is 0 Å². The predicted octanol–water partition coefficient (Wildman–Crippen LogP) is 3.91. The Bertz CT molecular complexity index is 1170. The van der Waals surface area contributed by atoms with Crippen molar-refractivity contribution in [2.75, 3.05) is 14.2 Å². The van der Waals surface area contributed by atoms with Crippen LogP contribution in [0.1, 0.15) is 37.5 Å². The molecular weight excluding hydrogens is 438 g/mol. The lowest BCUT2D eigenvalue weighted by Gasteiger charge is -2.35. The molecule has 160 valence electrons. The fraction of sp³-hybridized carbons (Fsp3) is 0.227. The number of methoxy groups -OCH3 is 2. The van der Waals surface area contributed by atoms with Gasteiger partial charge in [-0.3, -0.25) is 9.59 Å². The van der Waals surface area contributed by atoms with E-state index in [4.69, 9.17) is 9.47 Å². The predicted molar refractivity (Wildman–Crippen MR) is 117 cm³/mol. The standard InChI is InChI=1S/C22H19NO6S2/c1-28-14-9-7-12(8-10-14)17-16(20(24)25)15(18-19(30-17)23-22(27)31-18)11-3-5-13(6-4-11)21(26)29-2/h3-10,15-17H,1-2H3,(H,23,27)(H,24,25)/t15-,16-,17-/m0/s1. The number of carboxylic acids is 1. The molecule has 2 aromatic carbocycles. The molecule has 0 fully saturated rings. The van der Waals surface area contributed by atoms with Gasteiger partial charge in [0.2, 0.25) is 0 Å². The van der Waals surface area contributed by atoms with Crippen molar-refractivity contribution in [1.29, 1.82) is 0 Å². The summed E-state index contributed by atoms with van der Waals surface area (Å²) in [6.07, 6.45) is 0. The number of thiazole rings is 1. The first-order valence-corrected chi connectivity index (χ1v) is 11.1. The van der Waals surface area contributed by atoms with Gasteiger partial charge in [-0.25, -0.2) is 4.79 Å². The molecule has 0 saturated heterocycles. The Morgan fingerprint density at radius 2 is 1.65 bits per heavy atom. The summed E-state index contributed by atoms with van der Waals surface area (Å²) in [5.74, 6) is -2.11. The first kappa shape index (κ1) is 21.2. The van der Waals surface area contributed by atoms with E-state index in [-0.39, 0.29) is 4.87 Å². The van der Waals surface area contributed by atoms with E-state index in [9.17, 15) is 19.5 Å². The maximum absolute atomic E-state index is 12.5. The molecule has 9 heteroatoms. The molecule has 0 spiro atoms. The minimum absolute atomic E-state index is 0.229. The van der Waals surface area contributed by atoms with Crippen LogP contribution in [0.15, 0.2) is 58.4 Å². The highest BCUT2D eigenvalue weighted by Crippen LogP contribution is 2.55. The Kier molecular flexibility index (Phi) is 5.88. The minimum atomic E-state index is -0.957. The summed E-state index contributed by atoms with van der Waals surface area (Å²) in [4.78, 5) is 39.7. The summed E-state index contributed by atoms with van der Waals surface area (Å²) in [7, 11) is 2.87. The molecule has 31 heavy (non-hydrogen) atoms. The van der Waals surface area contributed by atoms with Gasteiger partial charge in [0.25, 0.3) is 0 Å². The second-order valence-corrected chi connectivity index (χ2v) is 9.14. The van der Waals surface area contributed by atoms with Crippen LogP contribution < -0.4 is 9.61 Å². The van der Waals surface area contributed by atoms with Crippen LogP contribution in [-0.4, -0.2) is 36.2 Å². The van der Waals surface area contributed by atoms with Crippen molar-refractivity contribution in [3.05, 3.63) is 79.8 Å². The highest BCUT2D eigenvalue weighted by atomic mass is 32.2. The van der Waals surface area contributed by atoms with Crippen LogP contribution in [0.3, 0.4) is 0 Å². The first-order chi connectivity index (χ1) is 14.9. The van der Waals surface area contributed by atoms with Crippen LogP contribution in [0.25, 0.3) is 0 Å². The Morgan fingerprint density at radius 1 is 1.00 bits per heavy atom. The summed E-state index contributed by atoms with van der Waals surface area (Å²) < 4.78 is 9.96. The van der Waals surface area contributed by atoms with Crippen molar-refractivity contribution < 1.29 is 24.2 Å². The van der Waals surface area contributed by atoms with Gasteiger partial charge in [0.05, 0.1) is 36.0 Å². The number of benzene rings is 2. The fourth-order valence-electron chi connectivity index (χ4n) is 3.80.